The predicted molar refractivity (Wildman–Crippen MR) is 37.1 cm³/mol. The molecule has 1 unspecified atom stereocenters. The fourth-order valence-electron chi connectivity index (χ4n) is 0.636. The van der Waals surface area contributed by atoms with Gasteiger partial charge in [-0.1, -0.05) is 0 Å². The van der Waals surface area contributed by atoms with Gasteiger partial charge in [0.05, 0.1) is 13.2 Å². The maximum Gasteiger partial charge on any atom is 0.255 e. The van der Waals surface area contributed by atoms with Crippen molar-refractivity contribution in [1.29, 1.82) is 0 Å². The highest BCUT2D eigenvalue weighted by atomic mass is 31.2. The van der Waals surface area contributed by atoms with Crippen LogP contribution in [0, 0.1) is 0 Å². The number of hydrogen-bond acceptors (Lipinski definition) is 3. The van der Waals surface area contributed by atoms with Gasteiger partial charge in [-0.25, -0.2) is 0 Å². The molecule has 1 heterocycles. The van der Waals surface area contributed by atoms with E-state index < -0.39 is 8.53 Å². The monoisotopic (exact) mass is 149 g/mol. The summed E-state index contributed by atoms with van der Waals surface area (Å²) in [5.41, 5.74) is 0. The summed E-state index contributed by atoms with van der Waals surface area (Å²) in [6.07, 6.45) is 1.10. The molecule has 0 spiro atoms. The van der Waals surface area contributed by atoms with Gasteiger partial charge in [0.15, 0.2) is 0 Å². The Morgan fingerprint density at radius 1 is 1.78 bits per heavy atom. The van der Waals surface area contributed by atoms with Gasteiger partial charge in [0.25, 0.3) is 8.53 Å². The fourth-order valence-corrected chi connectivity index (χ4v) is 1.76. The topological polar surface area (TPSA) is 30.5 Å². The third-order valence-electron chi connectivity index (χ3n) is 1.02. The van der Waals surface area contributed by atoms with Crippen LogP contribution in [0.1, 0.15) is 13.3 Å². The minimum Gasteiger partial charge on any atom is -0.322 e. The lowest BCUT2D eigenvalue weighted by Gasteiger charge is -2.21. The summed E-state index contributed by atoms with van der Waals surface area (Å²) in [4.78, 5) is 0. The molecule has 3 nitrogen and oxygen atoms in total. The quantitative estimate of drug-likeness (QED) is 0.599. The van der Waals surface area contributed by atoms with Crippen molar-refractivity contribution in [2.24, 2.45) is 0 Å². The molecular formula is C5H12NO2P. The van der Waals surface area contributed by atoms with E-state index >= 15 is 0 Å². The van der Waals surface area contributed by atoms with Crippen LogP contribution in [0.25, 0.3) is 0 Å². The van der Waals surface area contributed by atoms with Gasteiger partial charge in [-0.05, 0) is 13.3 Å². The molecule has 1 N–H and O–H groups in total. The van der Waals surface area contributed by atoms with E-state index in [0.29, 0.717) is 0 Å². The molecule has 1 rings (SSSR count). The number of hydrogen-bond donors (Lipinski definition) is 1. The van der Waals surface area contributed by atoms with Crippen molar-refractivity contribution in [3.63, 3.8) is 0 Å². The Kier molecular flexibility index (Phi) is 3.44. The predicted octanol–water partition coefficient (Wildman–Crippen LogP) is 1.26. The van der Waals surface area contributed by atoms with E-state index in [2.05, 4.69) is 5.09 Å². The molecule has 0 aromatic carbocycles. The Labute approximate surface area is 56.7 Å². The molecule has 54 valence electrons. The first-order chi connectivity index (χ1) is 4.43. The summed E-state index contributed by atoms with van der Waals surface area (Å²) in [5.74, 6) is 0. The van der Waals surface area contributed by atoms with Crippen molar-refractivity contribution >= 4 is 8.53 Å². The van der Waals surface area contributed by atoms with E-state index in [1.165, 1.54) is 0 Å². The standard InChI is InChI=1S/C5H12NO2P/c1-2-7-9-6-4-3-5-8-9/h6H,2-5H2,1H3. The zero-order valence-corrected chi connectivity index (χ0v) is 6.49. The van der Waals surface area contributed by atoms with Gasteiger partial charge in [0.2, 0.25) is 0 Å². The van der Waals surface area contributed by atoms with Crippen LogP contribution in [0.3, 0.4) is 0 Å². The summed E-state index contributed by atoms with van der Waals surface area (Å²) >= 11 is 0. The first-order valence-corrected chi connectivity index (χ1v) is 4.40. The second kappa shape index (κ2) is 4.18. The molecular weight excluding hydrogens is 137 g/mol. The molecule has 0 aromatic rings. The molecule has 1 aliphatic rings. The Morgan fingerprint density at radius 3 is 3.22 bits per heavy atom. The van der Waals surface area contributed by atoms with E-state index in [1.54, 1.807) is 0 Å². The highest BCUT2D eigenvalue weighted by Crippen LogP contribution is 2.35. The van der Waals surface area contributed by atoms with Gasteiger partial charge in [-0.3, -0.25) is 5.09 Å². The van der Waals surface area contributed by atoms with Gasteiger partial charge < -0.3 is 9.05 Å². The average molecular weight is 149 g/mol. The normalized spacial score (nSPS) is 28.3. The molecule has 0 radical (unpaired) electrons. The average Bonchev–Trinajstić information content (AvgIpc) is 1.91. The third-order valence-corrected chi connectivity index (χ3v) is 2.41. The first-order valence-electron chi connectivity index (χ1n) is 3.23. The van der Waals surface area contributed by atoms with Crippen LogP contribution >= 0.6 is 8.53 Å². The molecule has 1 fully saturated rings. The van der Waals surface area contributed by atoms with Crippen molar-refractivity contribution in [3.05, 3.63) is 0 Å². The van der Waals surface area contributed by atoms with Gasteiger partial charge in [-0.15, -0.1) is 0 Å². The highest BCUT2D eigenvalue weighted by Gasteiger charge is 2.12. The summed E-state index contributed by atoms with van der Waals surface area (Å²) in [6.45, 7) is 4.59. The number of rotatable bonds is 2. The zero-order chi connectivity index (χ0) is 6.53. The van der Waals surface area contributed by atoms with Gasteiger partial charge in [0.1, 0.15) is 0 Å². The third kappa shape index (κ3) is 2.59. The molecule has 1 aliphatic heterocycles. The molecule has 0 aromatic heterocycles. The highest BCUT2D eigenvalue weighted by molar-refractivity contribution is 7.45. The van der Waals surface area contributed by atoms with Crippen LogP contribution in [0.15, 0.2) is 0 Å². The second-order valence-corrected chi connectivity index (χ2v) is 3.12. The van der Waals surface area contributed by atoms with Crippen molar-refractivity contribution in [2.45, 2.75) is 13.3 Å². The molecule has 9 heavy (non-hydrogen) atoms. The summed E-state index contributed by atoms with van der Waals surface area (Å²) in [5, 5.41) is 3.14. The van der Waals surface area contributed by atoms with Crippen molar-refractivity contribution in [1.82, 2.24) is 5.09 Å². The van der Waals surface area contributed by atoms with E-state index in [4.69, 9.17) is 9.05 Å². The lowest BCUT2D eigenvalue weighted by molar-refractivity contribution is 0.230. The second-order valence-electron chi connectivity index (χ2n) is 1.77. The summed E-state index contributed by atoms with van der Waals surface area (Å²) in [6, 6.07) is 0. The zero-order valence-electron chi connectivity index (χ0n) is 5.59. The van der Waals surface area contributed by atoms with Crippen LogP contribution in [0.2, 0.25) is 0 Å². The van der Waals surface area contributed by atoms with Gasteiger partial charge >= 0.3 is 0 Å². The molecule has 0 amide bonds. The first kappa shape index (κ1) is 7.42. The minimum absolute atomic E-state index is 0.722. The lowest BCUT2D eigenvalue weighted by Crippen LogP contribution is -2.19. The smallest absolute Gasteiger partial charge is 0.255 e. The Morgan fingerprint density at radius 2 is 2.67 bits per heavy atom. The fraction of sp³-hybridized carbons (Fsp3) is 1.00. The summed E-state index contributed by atoms with van der Waals surface area (Å²) in [7, 11) is -0.722. The Hall–Kier alpha value is 0.310. The number of nitrogens with one attached hydrogen (secondary N) is 1. The van der Waals surface area contributed by atoms with Gasteiger partial charge in [-0.2, -0.15) is 0 Å². The summed E-state index contributed by atoms with van der Waals surface area (Å²) < 4.78 is 10.5. The Balaban J connectivity index is 2.08. The lowest BCUT2D eigenvalue weighted by atomic mass is 10.5. The van der Waals surface area contributed by atoms with E-state index in [9.17, 15) is 0 Å². The maximum absolute atomic E-state index is 5.25. The van der Waals surface area contributed by atoms with Crippen molar-refractivity contribution in [3.8, 4) is 0 Å². The van der Waals surface area contributed by atoms with Crippen molar-refractivity contribution in [2.75, 3.05) is 19.8 Å². The minimum atomic E-state index is -0.722. The molecule has 4 heteroatoms. The molecule has 1 atom stereocenters. The SMILES string of the molecule is CCOP1NCCCO1. The van der Waals surface area contributed by atoms with Gasteiger partial charge in [0, 0.05) is 6.54 Å². The van der Waals surface area contributed by atoms with Crippen LogP contribution < -0.4 is 5.09 Å². The van der Waals surface area contributed by atoms with Crippen LogP contribution in [-0.4, -0.2) is 19.8 Å². The molecule has 0 bridgehead atoms. The largest absolute Gasteiger partial charge is 0.322 e. The van der Waals surface area contributed by atoms with Crippen LogP contribution in [0.4, 0.5) is 0 Å². The maximum atomic E-state index is 5.25. The van der Waals surface area contributed by atoms with E-state index in [-0.39, 0.29) is 0 Å². The Bertz CT molecular complexity index is 72.6. The van der Waals surface area contributed by atoms with Crippen LogP contribution in [-0.2, 0) is 9.05 Å². The molecule has 0 saturated carbocycles. The van der Waals surface area contributed by atoms with Crippen molar-refractivity contribution < 1.29 is 9.05 Å². The van der Waals surface area contributed by atoms with Crippen LogP contribution in [0.5, 0.6) is 0 Å². The molecule has 1 saturated heterocycles. The van der Waals surface area contributed by atoms with E-state index in [0.717, 1.165) is 26.2 Å². The molecule has 0 aliphatic carbocycles. The van der Waals surface area contributed by atoms with E-state index in [1.807, 2.05) is 6.92 Å².